The lowest BCUT2D eigenvalue weighted by Crippen LogP contribution is -2.02. The number of hydrogen-bond donors (Lipinski definition) is 2. The molecule has 3 rings (SSSR count). The van der Waals surface area contributed by atoms with Crippen molar-refractivity contribution in [1.82, 2.24) is 0 Å². The summed E-state index contributed by atoms with van der Waals surface area (Å²) in [5.41, 5.74) is 1.37. The van der Waals surface area contributed by atoms with Crippen LogP contribution in [0.25, 0.3) is 10.8 Å². The minimum atomic E-state index is -0.895. The predicted molar refractivity (Wildman–Crippen MR) is 63.9 cm³/mol. The third-order valence-corrected chi connectivity index (χ3v) is 3.69. The lowest BCUT2D eigenvalue weighted by atomic mass is 10.0. The molecule has 1 aliphatic carbocycles. The van der Waals surface area contributed by atoms with Gasteiger partial charge in [0.2, 0.25) is 0 Å². The highest BCUT2D eigenvalue weighted by atomic mass is 35.5. The first-order valence-electron chi connectivity index (χ1n) is 4.88. The predicted octanol–water partition coefficient (Wildman–Crippen LogP) is 3.23. The molecule has 0 amide bonds. The Labute approximate surface area is 102 Å². The van der Waals surface area contributed by atoms with E-state index in [4.69, 9.17) is 23.2 Å². The molecule has 0 saturated carbocycles. The molecule has 1 aliphatic rings. The molecule has 4 heteroatoms. The third kappa shape index (κ3) is 1.16. The van der Waals surface area contributed by atoms with Gasteiger partial charge in [0.05, 0.1) is 0 Å². The van der Waals surface area contributed by atoms with Crippen LogP contribution < -0.4 is 0 Å². The molecule has 0 aliphatic heterocycles. The molecule has 16 heavy (non-hydrogen) atoms. The molecule has 0 spiro atoms. The van der Waals surface area contributed by atoms with Gasteiger partial charge in [0.25, 0.3) is 0 Å². The van der Waals surface area contributed by atoms with Crippen LogP contribution in [0.5, 0.6) is 0 Å². The fraction of sp³-hybridized carbons (Fsp3) is 0.167. The second-order valence-electron chi connectivity index (χ2n) is 3.91. The molecule has 2 nitrogen and oxygen atoms in total. The fourth-order valence-corrected chi connectivity index (χ4v) is 2.87. The number of halogens is 2. The second-order valence-corrected chi connectivity index (χ2v) is 4.73. The highest BCUT2D eigenvalue weighted by Gasteiger charge is 2.32. The molecular weight excluding hydrogens is 247 g/mol. The SMILES string of the molecule is OC1c2ccc(Cl)c3c(Cl)ccc(c23)C1O. The number of aliphatic hydroxyl groups excluding tert-OH is 2. The average molecular weight is 255 g/mol. The van der Waals surface area contributed by atoms with E-state index >= 15 is 0 Å². The van der Waals surface area contributed by atoms with Gasteiger partial charge in [-0.15, -0.1) is 0 Å². The Kier molecular flexibility index (Phi) is 2.17. The van der Waals surface area contributed by atoms with Gasteiger partial charge < -0.3 is 10.2 Å². The highest BCUT2D eigenvalue weighted by Crippen LogP contribution is 2.47. The zero-order valence-corrected chi connectivity index (χ0v) is 9.63. The Morgan fingerprint density at radius 1 is 0.750 bits per heavy atom. The summed E-state index contributed by atoms with van der Waals surface area (Å²) in [6.07, 6.45) is -1.79. The van der Waals surface area contributed by atoms with E-state index in [-0.39, 0.29) is 0 Å². The molecule has 2 aromatic carbocycles. The van der Waals surface area contributed by atoms with Gasteiger partial charge in [-0.05, 0) is 28.6 Å². The summed E-state index contributed by atoms with van der Waals surface area (Å²) in [5, 5.41) is 22.3. The van der Waals surface area contributed by atoms with Crippen LogP contribution in [-0.4, -0.2) is 10.2 Å². The summed E-state index contributed by atoms with van der Waals surface area (Å²) < 4.78 is 0. The molecule has 0 aromatic heterocycles. The summed E-state index contributed by atoms with van der Waals surface area (Å²) in [4.78, 5) is 0. The third-order valence-electron chi connectivity index (χ3n) is 3.06. The van der Waals surface area contributed by atoms with Crippen LogP contribution in [0.2, 0.25) is 10.0 Å². The summed E-state index contributed by atoms with van der Waals surface area (Å²) in [7, 11) is 0. The van der Waals surface area contributed by atoms with Gasteiger partial charge in [-0.25, -0.2) is 0 Å². The standard InChI is InChI=1S/C12H8Cl2O2/c13-7-3-1-5-9-6(12(16)11(5)15)2-4-8(14)10(7)9/h1-4,11-12,15-16H. The first-order chi connectivity index (χ1) is 7.61. The van der Waals surface area contributed by atoms with Crippen LogP contribution in [0.1, 0.15) is 23.3 Å². The Balaban J connectivity index is 2.54. The van der Waals surface area contributed by atoms with Gasteiger partial charge in [-0.3, -0.25) is 0 Å². The van der Waals surface area contributed by atoms with Gasteiger partial charge in [0, 0.05) is 15.4 Å². The quantitative estimate of drug-likeness (QED) is 0.758. The zero-order chi connectivity index (χ0) is 11.4. The van der Waals surface area contributed by atoms with E-state index in [1.807, 2.05) is 0 Å². The number of hydrogen-bond acceptors (Lipinski definition) is 2. The van der Waals surface area contributed by atoms with Crippen molar-refractivity contribution in [2.45, 2.75) is 12.2 Å². The van der Waals surface area contributed by atoms with Crippen molar-refractivity contribution in [3.8, 4) is 0 Å². The zero-order valence-electron chi connectivity index (χ0n) is 8.11. The van der Waals surface area contributed by atoms with E-state index in [2.05, 4.69) is 0 Å². The van der Waals surface area contributed by atoms with Crippen LogP contribution in [0.15, 0.2) is 24.3 Å². The topological polar surface area (TPSA) is 40.5 Å². The Morgan fingerprint density at radius 3 is 1.62 bits per heavy atom. The Hall–Kier alpha value is -0.800. The van der Waals surface area contributed by atoms with Crippen molar-refractivity contribution in [2.75, 3.05) is 0 Å². The molecule has 0 radical (unpaired) electrons. The van der Waals surface area contributed by atoms with Crippen LogP contribution in [-0.2, 0) is 0 Å². The number of aliphatic hydroxyl groups is 2. The van der Waals surface area contributed by atoms with Gasteiger partial charge in [0.15, 0.2) is 0 Å². The Morgan fingerprint density at radius 2 is 1.19 bits per heavy atom. The van der Waals surface area contributed by atoms with Crippen molar-refractivity contribution in [2.24, 2.45) is 0 Å². The molecule has 2 N–H and O–H groups in total. The van der Waals surface area contributed by atoms with Gasteiger partial charge in [-0.2, -0.15) is 0 Å². The van der Waals surface area contributed by atoms with E-state index < -0.39 is 12.2 Å². The molecule has 0 bridgehead atoms. The highest BCUT2D eigenvalue weighted by molar-refractivity contribution is 6.42. The molecule has 0 fully saturated rings. The van der Waals surface area contributed by atoms with Gasteiger partial charge in [0.1, 0.15) is 12.2 Å². The lowest BCUT2D eigenvalue weighted by molar-refractivity contribution is 0.0253. The normalized spacial score (nSPS) is 23.0. The maximum atomic E-state index is 9.88. The first kappa shape index (κ1) is 10.4. The van der Waals surface area contributed by atoms with Crippen LogP contribution in [0.4, 0.5) is 0 Å². The van der Waals surface area contributed by atoms with Crippen molar-refractivity contribution in [1.29, 1.82) is 0 Å². The summed E-state index contributed by atoms with van der Waals surface area (Å²) in [6.45, 7) is 0. The lowest BCUT2D eigenvalue weighted by Gasteiger charge is -2.08. The Bertz CT molecular complexity index is 546. The van der Waals surface area contributed by atoms with Crippen LogP contribution >= 0.6 is 23.2 Å². The summed E-state index contributed by atoms with van der Waals surface area (Å²) in [6, 6.07) is 6.84. The first-order valence-corrected chi connectivity index (χ1v) is 5.63. The van der Waals surface area contributed by atoms with E-state index in [1.165, 1.54) is 0 Å². The van der Waals surface area contributed by atoms with Crippen molar-refractivity contribution >= 4 is 34.0 Å². The molecule has 0 heterocycles. The minimum absolute atomic E-state index is 0.534. The van der Waals surface area contributed by atoms with Crippen LogP contribution in [0, 0.1) is 0 Å². The van der Waals surface area contributed by atoms with E-state index in [1.54, 1.807) is 24.3 Å². The molecule has 2 atom stereocenters. The summed E-state index contributed by atoms with van der Waals surface area (Å²) >= 11 is 12.2. The molecule has 2 aromatic rings. The summed E-state index contributed by atoms with van der Waals surface area (Å²) in [5.74, 6) is 0. The molecule has 0 saturated heterocycles. The smallest absolute Gasteiger partial charge is 0.110 e. The monoisotopic (exact) mass is 254 g/mol. The maximum absolute atomic E-state index is 9.88. The molecule has 2 unspecified atom stereocenters. The van der Waals surface area contributed by atoms with Crippen molar-refractivity contribution < 1.29 is 10.2 Å². The largest absolute Gasteiger partial charge is 0.385 e. The van der Waals surface area contributed by atoms with E-state index in [9.17, 15) is 10.2 Å². The van der Waals surface area contributed by atoms with Crippen LogP contribution in [0.3, 0.4) is 0 Å². The fourth-order valence-electron chi connectivity index (χ4n) is 2.30. The van der Waals surface area contributed by atoms with E-state index in [0.717, 1.165) is 5.39 Å². The van der Waals surface area contributed by atoms with Crippen molar-refractivity contribution in [3.63, 3.8) is 0 Å². The average Bonchev–Trinajstić information content (AvgIpc) is 2.50. The maximum Gasteiger partial charge on any atom is 0.110 e. The number of rotatable bonds is 0. The second kappa shape index (κ2) is 3.34. The molecular formula is C12H8Cl2O2. The minimum Gasteiger partial charge on any atom is -0.385 e. The van der Waals surface area contributed by atoms with Gasteiger partial charge in [-0.1, -0.05) is 35.3 Å². The number of benzene rings is 2. The van der Waals surface area contributed by atoms with E-state index in [0.29, 0.717) is 26.6 Å². The van der Waals surface area contributed by atoms with Gasteiger partial charge >= 0.3 is 0 Å². The van der Waals surface area contributed by atoms with Crippen molar-refractivity contribution in [3.05, 3.63) is 45.4 Å². The molecule has 82 valence electrons.